The highest BCUT2D eigenvalue weighted by Gasteiger charge is 2.11. The summed E-state index contributed by atoms with van der Waals surface area (Å²) in [6.07, 6.45) is 0.948. The molecule has 0 aliphatic rings. The number of hydrogen-bond acceptors (Lipinski definition) is 8. The highest BCUT2D eigenvalue weighted by Crippen LogP contribution is 2.30. The minimum Gasteiger partial charge on any atom is -0.364 e. The quantitative estimate of drug-likeness (QED) is 0.422. The zero-order valence-corrected chi connectivity index (χ0v) is 12.9. The van der Waals surface area contributed by atoms with Crippen LogP contribution in [0.2, 0.25) is 0 Å². The number of nitrogens with zero attached hydrogens (tertiary/aromatic N) is 2. The van der Waals surface area contributed by atoms with Crippen molar-refractivity contribution < 1.29 is 0 Å². The van der Waals surface area contributed by atoms with E-state index in [1.807, 2.05) is 0 Å². The van der Waals surface area contributed by atoms with Crippen LogP contribution in [0.3, 0.4) is 0 Å². The summed E-state index contributed by atoms with van der Waals surface area (Å²) in [6, 6.07) is 2.08. The van der Waals surface area contributed by atoms with Crippen molar-refractivity contribution in [3.05, 3.63) is 31.7 Å². The van der Waals surface area contributed by atoms with Gasteiger partial charge >= 0.3 is 4.87 Å². The monoisotopic (exact) mass is 322 g/mol. The zero-order chi connectivity index (χ0) is 14.8. The summed E-state index contributed by atoms with van der Waals surface area (Å²) < 4.78 is 0. The summed E-state index contributed by atoms with van der Waals surface area (Å²) in [5, 5.41) is 5.98. The van der Waals surface area contributed by atoms with Gasteiger partial charge in [-0.25, -0.2) is 10.8 Å². The lowest BCUT2D eigenvalue weighted by Crippen LogP contribution is -2.12. The van der Waals surface area contributed by atoms with Crippen LogP contribution in [0.1, 0.15) is 17.5 Å². The van der Waals surface area contributed by atoms with Crippen LogP contribution in [0.25, 0.3) is 10.2 Å². The number of aromatic amines is 1. The third-order valence-electron chi connectivity index (χ3n) is 2.94. The maximum Gasteiger partial charge on any atom is 0.304 e. The Morgan fingerprint density at radius 2 is 2.29 bits per heavy atom. The first-order chi connectivity index (χ1) is 10.2. The first-order valence-electron chi connectivity index (χ1n) is 6.37. The Bertz CT molecular complexity index is 821. The van der Waals surface area contributed by atoms with Gasteiger partial charge in [-0.1, -0.05) is 18.3 Å². The van der Waals surface area contributed by atoms with Gasteiger partial charge in [-0.2, -0.15) is 4.98 Å². The maximum absolute atomic E-state index is 11.1. The smallest absolute Gasteiger partial charge is 0.304 e. The fourth-order valence-corrected chi connectivity index (χ4v) is 3.47. The van der Waals surface area contributed by atoms with E-state index in [0.717, 1.165) is 33.7 Å². The number of hydrazine groups is 1. The molecule has 7 nitrogen and oxygen atoms in total. The molecule has 3 heterocycles. The van der Waals surface area contributed by atoms with Crippen molar-refractivity contribution in [2.45, 2.75) is 19.9 Å². The van der Waals surface area contributed by atoms with E-state index in [1.54, 1.807) is 16.7 Å². The average molecular weight is 322 g/mol. The van der Waals surface area contributed by atoms with E-state index in [9.17, 15) is 4.79 Å². The Balaban J connectivity index is 1.95. The van der Waals surface area contributed by atoms with E-state index in [2.05, 4.69) is 38.7 Å². The molecular formula is C12H14N6OS2. The van der Waals surface area contributed by atoms with E-state index in [0.29, 0.717) is 18.3 Å². The number of nitrogens with two attached hydrogens (primary N) is 1. The number of fused-ring (bicyclic) bond motifs is 1. The summed E-state index contributed by atoms with van der Waals surface area (Å²) in [6.45, 7) is 2.59. The first-order valence-corrected chi connectivity index (χ1v) is 8.07. The van der Waals surface area contributed by atoms with Crippen LogP contribution in [0.15, 0.2) is 16.2 Å². The SMILES string of the molecule is CCc1cc2c(NCc3csc(=O)[nH]3)nc(NN)nc2s1. The molecular weight excluding hydrogens is 308 g/mol. The Kier molecular flexibility index (Phi) is 3.86. The highest BCUT2D eigenvalue weighted by atomic mass is 32.1. The van der Waals surface area contributed by atoms with Gasteiger partial charge in [0.2, 0.25) is 5.95 Å². The second-order valence-corrected chi connectivity index (χ2v) is 6.31. The van der Waals surface area contributed by atoms with Gasteiger partial charge in [0, 0.05) is 16.0 Å². The molecule has 0 radical (unpaired) electrons. The molecule has 0 aliphatic carbocycles. The van der Waals surface area contributed by atoms with Crippen molar-refractivity contribution >= 4 is 44.7 Å². The van der Waals surface area contributed by atoms with Crippen molar-refractivity contribution in [3.63, 3.8) is 0 Å². The van der Waals surface area contributed by atoms with Gasteiger partial charge in [0.15, 0.2) is 0 Å². The number of aromatic nitrogens is 3. The fourth-order valence-electron chi connectivity index (χ4n) is 1.92. The van der Waals surface area contributed by atoms with E-state index < -0.39 is 0 Å². The second kappa shape index (κ2) is 5.80. The van der Waals surface area contributed by atoms with Crippen molar-refractivity contribution in [2.24, 2.45) is 5.84 Å². The van der Waals surface area contributed by atoms with E-state index in [4.69, 9.17) is 5.84 Å². The maximum atomic E-state index is 11.1. The molecule has 5 N–H and O–H groups in total. The minimum absolute atomic E-state index is 0.0623. The lowest BCUT2D eigenvalue weighted by Gasteiger charge is -2.07. The molecule has 21 heavy (non-hydrogen) atoms. The van der Waals surface area contributed by atoms with Crippen LogP contribution in [-0.2, 0) is 13.0 Å². The Hall–Kier alpha value is -1.97. The molecule has 110 valence electrons. The van der Waals surface area contributed by atoms with Gasteiger partial charge in [-0.15, -0.1) is 11.3 Å². The van der Waals surface area contributed by atoms with Gasteiger partial charge in [0.1, 0.15) is 10.6 Å². The number of thiazole rings is 1. The molecule has 3 rings (SSSR count). The number of anilines is 2. The van der Waals surface area contributed by atoms with E-state index >= 15 is 0 Å². The molecule has 0 atom stereocenters. The number of thiophene rings is 1. The van der Waals surface area contributed by atoms with Gasteiger partial charge in [-0.3, -0.25) is 10.2 Å². The third kappa shape index (κ3) is 2.89. The van der Waals surface area contributed by atoms with Gasteiger partial charge in [-0.05, 0) is 12.5 Å². The summed E-state index contributed by atoms with van der Waals surface area (Å²) in [5.41, 5.74) is 3.30. The third-order valence-corrected chi connectivity index (χ3v) is 4.83. The molecule has 0 saturated heterocycles. The standard InChI is InChI=1S/C12H14N6OS2/c1-2-7-3-8-9(14-4-6-5-20-12(19)15-6)16-11(18-13)17-10(8)21-7/h3,5H,2,4,13H2,1H3,(H,15,19)(H2,14,16,17,18). The van der Waals surface area contributed by atoms with Crippen molar-refractivity contribution in [1.82, 2.24) is 15.0 Å². The number of nitrogens with one attached hydrogen (secondary N) is 3. The molecule has 9 heteroatoms. The zero-order valence-electron chi connectivity index (χ0n) is 11.3. The Morgan fingerprint density at radius 1 is 1.43 bits per heavy atom. The number of H-pyrrole nitrogens is 1. The van der Waals surface area contributed by atoms with Crippen LogP contribution >= 0.6 is 22.7 Å². The van der Waals surface area contributed by atoms with E-state index in [-0.39, 0.29) is 4.87 Å². The molecule has 0 aromatic carbocycles. The lowest BCUT2D eigenvalue weighted by atomic mass is 10.3. The predicted molar refractivity (Wildman–Crippen MR) is 86.9 cm³/mol. The minimum atomic E-state index is -0.0623. The normalized spacial score (nSPS) is 11.0. The number of hydrogen-bond donors (Lipinski definition) is 4. The number of rotatable bonds is 5. The van der Waals surface area contributed by atoms with Crippen molar-refractivity contribution in [2.75, 3.05) is 10.7 Å². The van der Waals surface area contributed by atoms with Gasteiger partial charge in [0.05, 0.1) is 11.9 Å². The van der Waals surface area contributed by atoms with Crippen LogP contribution < -0.4 is 21.5 Å². The molecule has 3 aromatic heterocycles. The van der Waals surface area contributed by atoms with Gasteiger partial charge in [0.25, 0.3) is 0 Å². The van der Waals surface area contributed by atoms with Crippen molar-refractivity contribution in [3.8, 4) is 0 Å². The van der Waals surface area contributed by atoms with Crippen LogP contribution in [-0.4, -0.2) is 15.0 Å². The summed E-state index contributed by atoms with van der Waals surface area (Å²) >= 11 is 2.77. The molecule has 0 bridgehead atoms. The summed E-state index contributed by atoms with van der Waals surface area (Å²) in [5.74, 6) is 6.49. The van der Waals surface area contributed by atoms with Crippen LogP contribution in [0, 0.1) is 0 Å². The van der Waals surface area contributed by atoms with Crippen LogP contribution in [0.5, 0.6) is 0 Å². The lowest BCUT2D eigenvalue weighted by molar-refractivity contribution is 1.04. The molecule has 0 amide bonds. The Morgan fingerprint density at radius 3 is 2.95 bits per heavy atom. The number of nitrogen functional groups attached to an aromatic ring is 1. The topological polar surface area (TPSA) is 109 Å². The fraction of sp³-hybridized carbons (Fsp3) is 0.250. The number of aryl methyl sites for hydroxylation is 1. The summed E-state index contributed by atoms with van der Waals surface area (Å²) in [7, 11) is 0. The molecule has 3 aromatic rings. The second-order valence-electron chi connectivity index (χ2n) is 4.35. The molecule has 0 saturated carbocycles. The predicted octanol–water partition coefficient (Wildman–Crippen LogP) is 1.90. The first kappa shape index (κ1) is 14.0. The molecule has 0 aliphatic heterocycles. The van der Waals surface area contributed by atoms with Crippen LogP contribution in [0.4, 0.5) is 11.8 Å². The summed E-state index contributed by atoms with van der Waals surface area (Å²) in [4.78, 5) is 24.7. The van der Waals surface area contributed by atoms with E-state index in [1.165, 1.54) is 4.88 Å². The molecule has 0 fully saturated rings. The average Bonchev–Trinajstić information content (AvgIpc) is 3.10. The largest absolute Gasteiger partial charge is 0.364 e. The van der Waals surface area contributed by atoms with Crippen molar-refractivity contribution in [1.29, 1.82) is 0 Å². The molecule has 0 unspecified atom stereocenters. The Labute approximate surface area is 128 Å². The van der Waals surface area contributed by atoms with Gasteiger partial charge < -0.3 is 10.3 Å². The molecule has 0 spiro atoms. The highest BCUT2D eigenvalue weighted by molar-refractivity contribution is 7.18.